The number of carbonyl (C=O) groups is 1. The Balaban J connectivity index is 1.32. The van der Waals surface area contributed by atoms with Gasteiger partial charge in [0, 0.05) is 5.92 Å². The Morgan fingerprint density at radius 3 is 2.68 bits per heavy atom. The van der Waals surface area contributed by atoms with Gasteiger partial charge in [0.1, 0.15) is 6.54 Å². The van der Waals surface area contributed by atoms with E-state index in [1.807, 2.05) is 6.92 Å². The SMILES string of the molecule is C[C@]1(O)CC[C@H]2[C@@H](CC[C@@H]3[C@@H]2CC[C@]2(C)[C@@H](C(=O)Cn4ncnn4)CC[C@@H]32)C1. The molecule has 0 aliphatic heterocycles. The van der Waals surface area contributed by atoms with Crippen molar-refractivity contribution in [3.05, 3.63) is 6.33 Å². The first kappa shape index (κ1) is 18.7. The van der Waals surface area contributed by atoms with E-state index in [2.05, 4.69) is 22.3 Å². The monoisotopic (exact) mass is 386 g/mol. The molecule has 0 aromatic carbocycles. The number of tetrazole rings is 1. The van der Waals surface area contributed by atoms with Gasteiger partial charge in [0.25, 0.3) is 0 Å². The lowest BCUT2D eigenvalue weighted by molar-refractivity contribution is -0.133. The van der Waals surface area contributed by atoms with Crippen molar-refractivity contribution in [2.75, 3.05) is 0 Å². The van der Waals surface area contributed by atoms with Crippen molar-refractivity contribution in [2.24, 2.45) is 40.9 Å². The third-order valence-electron chi connectivity index (χ3n) is 9.31. The Bertz CT molecular complexity index is 733. The predicted molar refractivity (Wildman–Crippen MR) is 104 cm³/mol. The Morgan fingerprint density at radius 1 is 1.07 bits per heavy atom. The molecule has 4 aliphatic carbocycles. The van der Waals surface area contributed by atoms with E-state index in [-0.39, 0.29) is 17.9 Å². The molecule has 6 nitrogen and oxygen atoms in total. The number of ketones is 1. The van der Waals surface area contributed by atoms with Gasteiger partial charge in [-0.3, -0.25) is 4.79 Å². The van der Waals surface area contributed by atoms with Crippen LogP contribution in [0.25, 0.3) is 0 Å². The summed E-state index contributed by atoms with van der Waals surface area (Å²) in [5.41, 5.74) is -0.302. The third-order valence-corrected chi connectivity index (χ3v) is 9.31. The molecule has 1 heterocycles. The summed E-state index contributed by atoms with van der Waals surface area (Å²) in [4.78, 5) is 14.5. The molecular weight excluding hydrogens is 352 g/mol. The van der Waals surface area contributed by atoms with Crippen molar-refractivity contribution in [2.45, 2.75) is 83.8 Å². The van der Waals surface area contributed by atoms with E-state index in [4.69, 9.17) is 0 Å². The predicted octanol–water partition coefficient (Wildman–Crippen LogP) is 3.26. The summed E-state index contributed by atoms with van der Waals surface area (Å²) in [6.45, 7) is 4.70. The number of aromatic nitrogens is 4. The quantitative estimate of drug-likeness (QED) is 0.862. The number of nitrogens with zero attached hydrogens (tertiary/aromatic N) is 4. The molecule has 0 radical (unpaired) electrons. The minimum atomic E-state index is -0.447. The molecule has 5 rings (SSSR count). The summed E-state index contributed by atoms with van der Waals surface area (Å²) in [5.74, 6) is 4.25. The molecule has 1 aromatic rings. The molecule has 1 N–H and O–H groups in total. The highest BCUT2D eigenvalue weighted by Gasteiger charge is 2.58. The fourth-order valence-electron chi connectivity index (χ4n) is 8.12. The van der Waals surface area contributed by atoms with Crippen LogP contribution >= 0.6 is 0 Å². The normalized spacial score (nSPS) is 47.8. The second-order valence-electron chi connectivity index (χ2n) is 10.8. The first-order valence-corrected chi connectivity index (χ1v) is 11.3. The summed E-state index contributed by atoms with van der Waals surface area (Å²) in [6, 6.07) is 0. The summed E-state index contributed by atoms with van der Waals surface area (Å²) in [6.07, 6.45) is 11.8. The summed E-state index contributed by atoms with van der Waals surface area (Å²) < 4.78 is 0. The highest BCUT2D eigenvalue weighted by molar-refractivity contribution is 5.81. The maximum atomic E-state index is 13.1. The van der Waals surface area contributed by atoms with Gasteiger partial charge in [0.05, 0.1) is 5.60 Å². The van der Waals surface area contributed by atoms with Crippen LogP contribution in [0, 0.1) is 40.9 Å². The minimum Gasteiger partial charge on any atom is -0.390 e. The van der Waals surface area contributed by atoms with Crippen LogP contribution in [0.1, 0.15) is 71.6 Å². The fourth-order valence-corrected chi connectivity index (χ4v) is 8.12. The number of carbonyl (C=O) groups excluding carboxylic acids is 1. The summed E-state index contributed by atoms with van der Waals surface area (Å²) in [5, 5.41) is 22.2. The largest absolute Gasteiger partial charge is 0.390 e. The van der Waals surface area contributed by atoms with Crippen LogP contribution in [-0.2, 0) is 11.3 Å². The van der Waals surface area contributed by atoms with Crippen molar-refractivity contribution in [1.29, 1.82) is 0 Å². The molecule has 0 unspecified atom stereocenters. The maximum absolute atomic E-state index is 13.1. The summed E-state index contributed by atoms with van der Waals surface area (Å²) in [7, 11) is 0. The lowest BCUT2D eigenvalue weighted by Gasteiger charge is -2.56. The Morgan fingerprint density at radius 2 is 1.89 bits per heavy atom. The maximum Gasteiger partial charge on any atom is 0.162 e. The average molecular weight is 387 g/mol. The molecule has 0 saturated heterocycles. The van der Waals surface area contributed by atoms with Crippen molar-refractivity contribution in [3.8, 4) is 0 Å². The Hall–Kier alpha value is -1.30. The topological polar surface area (TPSA) is 80.9 Å². The molecule has 0 spiro atoms. The minimum absolute atomic E-state index is 0.145. The van der Waals surface area contributed by atoms with Crippen LogP contribution in [0.15, 0.2) is 6.33 Å². The van der Waals surface area contributed by atoms with Gasteiger partial charge in [0.15, 0.2) is 12.1 Å². The number of aliphatic hydroxyl groups is 1. The zero-order valence-electron chi connectivity index (χ0n) is 17.3. The molecular formula is C22H34N4O2. The molecule has 8 atom stereocenters. The van der Waals surface area contributed by atoms with Gasteiger partial charge in [-0.2, -0.15) is 4.80 Å². The van der Waals surface area contributed by atoms with Crippen LogP contribution in [0.5, 0.6) is 0 Å². The standard InChI is InChI=1S/C22H34N4O2/c1-21(28)9-7-15-14(11-21)3-4-17-16(15)8-10-22(2)18(17)5-6-19(22)20(27)12-26-24-13-23-25-26/h13-19,28H,3-12H2,1-2H3/t14-,15-,16+,17+,18-,19+,21-,22-/m0/s1. The van der Waals surface area contributed by atoms with E-state index in [9.17, 15) is 9.90 Å². The molecule has 28 heavy (non-hydrogen) atoms. The number of fused-ring (bicyclic) bond motifs is 5. The molecule has 4 aliphatic rings. The van der Waals surface area contributed by atoms with Crippen LogP contribution in [0.2, 0.25) is 0 Å². The number of hydrogen-bond acceptors (Lipinski definition) is 5. The van der Waals surface area contributed by atoms with Crippen LogP contribution < -0.4 is 0 Å². The van der Waals surface area contributed by atoms with Crippen molar-refractivity contribution < 1.29 is 9.90 Å². The van der Waals surface area contributed by atoms with E-state index in [1.54, 1.807) is 0 Å². The molecule has 0 bridgehead atoms. The number of hydrogen-bond donors (Lipinski definition) is 1. The molecule has 6 heteroatoms. The van der Waals surface area contributed by atoms with E-state index >= 15 is 0 Å². The smallest absolute Gasteiger partial charge is 0.162 e. The van der Waals surface area contributed by atoms with Gasteiger partial charge in [-0.05, 0) is 105 Å². The highest BCUT2D eigenvalue weighted by atomic mass is 16.3. The Kier molecular flexibility index (Phi) is 4.42. The first-order valence-electron chi connectivity index (χ1n) is 11.3. The van der Waals surface area contributed by atoms with Crippen molar-refractivity contribution in [1.82, 2.24) is 20.2 Å². The first-order chi connectivity index (χ1) is 13.4. The van der Waals surface area contributed by atoms with Gasteiger partial charge in [-0.15, -0.1) is 10.2 Å². The van der Waals surface area contributed by atoms with E-state index < -0.39 is 5.60 Å². The second-order valence-corrected chi connectivity index (χ2v) is 10.8. The van der Waals surface area contributed by atoms with Gasteiger partial charge in [0.2, 0.25) is 0 Å². The summed E-state index contributed by atoms with van der Waals surface area (Å²) >= 11 is 0. The van der Waals surface area contributed by atoms with Crippen LogP contribution in [-0.4, -0.2) is 36.7 Å². The number of rotatable bonds is 3. The zero-order valence-corrected chi connectivity index (χ0v) is 17.3. The van der Waals surface area contributed by atoms with Crippen LogP contribution in [0.4, 0.5) is 0 Å². The lowest BCUT2D eigenvalue weighted by Crippen LogP contribution is -2.51. The molecule has 4 fully saturated rings. The average Bonchev–Trinajstić information content (AvgIpc) is 3.27. The fraction of sp³-hybridized carbons (Fsp3) is 0.909. The van der Waals surface area contributed by atoms with Crippen LogP contribution in [0.3, 0.4) is 0 Å². The van der Waals surface area contributed by atoms with Gasteiger partial charge < -0.3 is 5.11 Å². The zero-order chi connectivity index (χ0) is 19.5. The van der Waals surface area contributed by atoms with Gasteiger partial charge in [-0.1, -0.05) is 6.92 Å². The third kappa shape index (κ3) is 2.94. The van der Waals surface area contributed by atoms with Crippen molar-refractivity contribution in [3.63, 3.8) is 0 Å². The second kappa shape index (κ2) is 6.61. The van der Waals surface area contributed by atoms with E-state index in [0.717, 1.165) is 37.0 Å². The molecule has 1 aromatic heterocycles. The lowest BCUT2D eigenvalue weighted by atomic mass is 9.49. The molecule has 0 amide bonds. The Labute approximate surface area is 167 Å². The van der Waals surface area contributed by atoms with Crippen molar-refractivity contribution >= 4 is 5.78 Å². The molecule has 4 saturated carbocycles. The number of Topliss-reactive ketones (excluding diaryl/α,β-unsaturated/α-hetero) is 1. The van der Waals surface area contributed by atoms with E-state index in [0.29, 0.717) is 17.6 Å². The van der Waals surface area contributed by atoms with Gasteiger partial charge >= 0.3 is 0 Å². The molecule has 154 valence electrons. The van der Waals surface area contributed by atoms with E-state index in [1.165, 1.54) is 49.6 Å². The van der Waals surface area contributed by atoms with Gasteiger partial charge in [-0.25, -0.2) is 0 Å². The highest BCUT2D eigenvalue weighted by Crippen LogP contribution is 2.64.